The van der Waals surface area contributed by atoms with Crippen molar-refractivity contribution in [2.24, 2.45) is 0 Å². The summed E-state index contributed by atoms with van der Waals surface area (Å²) in [5.41, 5.74) is 2.91. The van der Waals surface area contributed by atoms with Gasteiger partial charge in [-0.05, 0) is 19.1 Å². The molecule has 4 heterocycles. The number of aliphatic hydroxyl groups excluding tert-OH is 2. The molecule has 1 aromatic carbocycles. The fraction of sp³-hybridized carbons (Fsp3) is 0.273. The van der Waals surface area contributed by atoms with Crippen LogP contribution in [-0.2, 0) is 11.3 Å². The summed E-state index contributed by atoms with van der Waals surface area (Å²) in [6, 6.07) is 15.4. The van der Waals surface area contributed by atoms with E-state index in [1.807, 2.05) is 48.5 Å². The summed E-state index contributed by atoms with van der Waals surface area (Å²) in [4.78, 5) is 13.2. The van der Waals surface area contributed by atoms with Crippen LogP contribution < -0.4 is 5.32 Å². The lowest BCUT2D eigenvalue weighted by molar-refractivity contribution is -0.0370. The average molecular weight is 418 g/mol. The Kier molecular flexibility index (Phi) is 5.06. The quantitative estimate of drug-likeness (QED) is 0.451. The molecule has 9 heteroatoms. The van der Waals surface area contributed by atoms with E-state index in [1.54, 1.807) is 13.1 Å². The van der Waals surface area contributed by atoms with E-state index < -0.39 is 24.5 Å². The molecule has 3 N–H and O–H groups in total. The highest BCUT2D eigenvalue weighted by Crippen LogP contribution is 2.36. The standard InChI is InChI=1S/C22H22N6O3/c1-13-18(29)19(30)22(31-13)28-21-16(17(27-28)14-7-3-2-4-8-14)20(25-12-26-21)24-11-15-9-5-6-10-23-15/h2-10,12-13,18-19,22,29-30H,11H2,1H3,(H,24,25,26)/t13-,18+,19+,22-/m1/s1. The molecule has 0 saturated carbocycles. The van der Waals surface area contributed by atoms with Crippen LogP contribution in [0.1, 0.15) is 18.8 Å². The Balaban J connectivity index is 1.63. The molecule has 0 unspecified atom stereocenters. The molecule has 1 aliphatic heterocycles. The smallest absolute Gasteiger partial charge is 0.181 e. The second kappa shape index (κ2) is 8.03. The van der Waals surface area contributed by atoms with Crippen LogP contribution in [0.2, 0.25) is 0 Å². The van der Waals surface area contributed by atoms with Gasteiger partial charge in [0.15, 0.2) is 11.9 Å². The molecular formula is C22H22N6O3. The summed E-state index contributed by atoms with van der Waals surface area (Å²) < 4.78 is 7.34. The number of aromatic nitrogens is 5. The van der Waals surface area contributed by atoms with Crippen molar-refractivity contribution in [3.8, 4) is 11.3 Å². The van der Waals surface area contributed by atoms with E-state index >= 15 is 0 Å². The van der Waals surface area contributed by atoms with Crippen LogP contribution >= 0.6 is 0 Å². The predicted octanol–water partition coefficient (Wildman–Crippen LogP) is 2.14. The number of hydrogen-bond acceptors (Lipinski definition) is 8. The first kappa shape index (κ1) is 19.6. The highest BCUT2D eigenvalue weighted by Gasteiger charge is 2.43. The molecule has 0 bridgehead atoms. The predicted molar refractivity (Wildman–Crippen MR) is 114 cm³/mol. The molecule has 0 spiro atoms. The highest BCUT2D eigenvalue weighted by molar-refractivity contribution is 5.99. The van der Waals surface area contributed by atoms with E-state index in [4.69, 9.17) is 9.84 Å². The lowest BCUT2D eigenvalue weighted by Crippen LogP contribution is -2.30. The maximum Gasteiger partial charge on any atom is 0.181 e. The van der Waals surface area contributed by atoms with Crippen molar-refractivity contribution in [3.05, 3.63) is 66.7 Å². The zero-order chi connectivity index (χ0) is 21.4. The van der Waals surface area contributed by atoms with E-state index in [1.165, 1.54) is 11.0 Å². The van der Waals surface area contributed by atoms with E-state index in [0.717, 1.165) is 11.3 Å². The Morgan fingerprint density at radius 3 is 2.52 bits per heavy atom. The highest BCUT2D eigenvalue weighted by atomic mass is 16.6. The van der Waals surface area contributed by atoms with E-state index in [0.29, 0.717) is 29.1 Å². The minimum Gasteiger partial charge on any atom is -0.388 e. The SMILES string of the molecule is C[C@H]1O[C@@H](n2nc(-c3ccccc3)c3c(NCc4ccccn4)ncnc32)[C@@H](O)[C@H]1O. The minimum atomic E-state index is -1.12. The van der Waals surface area contributed by atoms with Gasteiger partial charge in [0, 0.05) is 11.8 Å². The van der Waals surface area contributed by atoms with Crippen molar-refractivity contribution < 1.29 is 14.9 Å². The number of aliphatic hydroxyl groups is 2. The Labute approximate surface area is 178 Å². The number of nitrogens with zero attached hydrogens (tertiary/aromatic N) is 5. The van der Waals surface area contributed by atoms with Crippen LogP contribution in [0.5, 0.6) is 0 Å². The van der Waals surface area contributed by atoms with Crippen LogP contribution in [0, 0.1) is 0 Å². The monoisotopic (exact) mass is 418 g/mol. The second-order valence-corrected chi connectivity index (χ2v) is 7.47. The van der Waals surface area contributed by atoms with Crippen molar-refractivity contribution in [2.45, 2.75) is 38.0 Å². The van der Waals surface area contributed by atoms with Gasteiger partial charge in [-0.3, -0.25) is 4.98 Å². The van der Waals surface area contributed by atoms with Gasteiger partial charge in [-0.25, -0.2) is 14.6 Å². The molecule has 5 rings (SSSR count). The average Bonchev–Trinajstić information content (AvgIpc) is 3.32. The summed E-state index contributed by atoms with van der Waals surface area (Å²) in [6.45, 7) is 2.19. The lowest BCUT2D eigenvalue weighted by atomic mass is 10.1. The largest absolute Gasteiger partial charge is 0.388 e. The normalized spacial score (nSPS) is 23.3. The van der Waals surface area contributed by atoms with Crippen molar-refractivity contribution >= 4 is 16.9 Å². The van der Waals surface area contributed by atoms with Gasteiger partial charge in [0.25, 0.3) is 0 Å². The summed E-state index contributed by atoms with van der Waals surface area (Å²) in [6.07, 6.45) is -0.330. The van der Waals surface area contributed by atoms with Gasteiger partial charge >= 0.3 is 0 Å². The van der Waals surface area contributed by atoms with Gasteiger partial charge in [0.1, 0.15) is 30.0 Å². The summed E-state index contributed by atoms with van der Waals surface area (Å²) in [5.74, 6) is 0.599. The molecule has 3 aromatic heterocycles. The molecule has 1 aliphatic rings. The van der Waals surface area contributed by atoms with Gasteiger partial charge in [-0.1, -0.05) is 36.4 Å². The third-order valence-electron chi connectivity index (χ3n) is 5.42. The number of anilines is 1. The topological polar surface area (TPSA) is 118 Å². The molecule has 158 valence electrons. The van der Waals surface area contributed by atoms with Gasteiger partial charge < -0.3 is 20.3 Å². The molecule has 4 aromatic rings. The lowest BCUT2D eigenvalue weighted by Gasteiger charge is -2.15. The Hall–Kier alpha value is -3.40. The summed E-state index contributed by atoms with van der Waals surface area (Å²) >= 11 is 0. The van der Waals surface area contributed by atoms with Gasteiger partial charge in [0.05, 0.1) is 23.7 Å². The van der Waals surface area contributed by atoms with Crippen LogP contribution in [0.25, 0.3) is 22.3 Å². The van der Waals surface area contributed by atoms with Gasteiger partial charge in [-0.2, -0.15) is 5.10 Å². The number of rotatable bonds is 5. The van der Waals surface area contributed by atoms with Crippen LogP contribution in [0.15, 0.2) is 61.1 Å². The van der Waals surface area contributed by atoms with Gasteiger partial charge in [0.2, 0.25) is 0 Å². The number of hydrogen-bond donors (Lipinski definition) is 3. The molecule has 0 radical (unpaired) electrons. The van der Waals surface area contributed by atoms with Crippen molar-refractivity contribution in [1.82, 2.24) is 24.7 Å². The van der Waals surface area contributed by atoms with E-state index in [-0.39, 0.29) is 0 Å². The number of pyridine rings is 1. The van der Waals surface area contributed by atoms with Crippen molar-refractivity contribution in [3.63, 3.8) is 0 Å². The maximum absolute atomic E-state index is 10.5. The molecule has 4 atom stereocenters. The number of fused-ring (bicyclic) bond motifs is 1. The maximum atomic E-state index is 10.5. The number of benzene rings is 1. The first-order valence-corrected chi connectivity index (χ1v) is 10.1. The van der Waals surface area contributed by atoms with Crippen LogP contribution in [-0.4, -0.2) is 53.3 Å². The molecule has 1 fully saturated rings. The molecule has 0 aliphatic carbocycles. The first-order chi connectivity index (χ1) is 15.1. The molecule has 1 saturated heterocycles. The van der Waals surface area contributed by atoms with E-state index in [9.17, 15) is 10.2 Å². The molecule has 31 heavy (non-hydrogen) atoms. The van der Waals surface area contributed by atoms with Crippen molar-refractivity contribution in [2.75, 3.05) is 5.32 Å². The molecule has 0 amide bonds. The van der Waals surface area contributed by atoms with Gasteiger partial charge in [-0.15, -0.1) is 0 Å². The zero-order valence-corrected chi connectivity index (χ0v) is 16.8. The number of nitrogens with one attached hydrogen (secondary N) is 1. The minimum absolute atomic E-state index is 0.477. The fourth-order valence-corrected chi connectivity index (χ4v) is 3.79. The second-order valence-electron chi connectivity index (χ2n) is 7.47. The Morgan fingerprint density at radius 1 is 1.00 bits per heavy atom. The van der Waals surface area contributed by atoms with Crippen LogP contribution in [0.3, 0.4) is 0 Å². The van der Waals surface area contributed by atoms with Crippen LogP contribution in [0.4, 0.5) is 5.82 Å². The Morgan fingerprint density at radius 2 is 1.81 bits per heavy atom. The number of ether oxygens (including phenoxy) is 1. The molecule has 9 nitrogen and oxygen atoms in total. The third-order valence-corrected chi connectivity index (χ3v) is 5.42. The zero-order valence-electron chi connectivity index (χ0n) is 16.8. The Bertz CT molecular complexity index is 1180. The molecular weight excluding hydrogens is 396 g/mol. The van der Waals surface area contributed by atoms with Crippen molar-refractivity contribution in [1.29, 1.82) is 0 Å². The van der Waals surface area contributed by atoms with E-state index in [2.05, 4.69) is 20.3 Å². The third kappa shape index (κ3) is 3.52. The first-order valence-electron chi connectivity index (χ1n) is 10.1. The summed E-state index contributed by atoms with van der Waals surface area (Å²) in [7, 11) is 0. The fourth-order valence-electron chi connectivity index (χ4n) is 3.79. The summed E-state index contributed by atoms with van der Waals surface area (Å²) in [5, 5.41) is 29.5.